The maximum Gasteiger partial charge on any atom is 0.157 e. The van der Waals surface area contributed by atoms with E-state index in [9.17, 15) is 0 Å². The molecule has 0 radical (unpaired) electrons. The quantitative estimate of drug-likeness (QED) is 0.465. The monoisotopic (exact) mass is 228 g/mol. The molecule has 0 atom stereocenters. The molecule has 0 fully saturated rings. The zero-order valence-electron chi connectivity index (χ0n) is 7.68. The highest BCUT2D eigenvalue weighted by Crippen LogP contribution is 2.05. The van der Waals surface area contributed by atoms with Crippen LogP contribution in [0.3, 0.4) is 0 Å². The molecule has 0 aliphatic heterocycles. The lowest BCUT2D eigenvalue weighted by atomic mass is 10.2. The third-order valence-electron chi connectivity index (χ3n) is 1.69. The zero-order chi connectivity index (χ0) is 9.68. The summed E-state index contributed by atoms with van der Waals surface area (Å²) in [5.74, 6) is 0. The van der Waals surface area contributed by atoms with Gasteiger partial charge in [-0.05, 0) is 11.8 Å². The number of benzene rings is 1. The number of thiol groups is 1. The van der Waals surface area contributed by atoms with Gasteiger partial charge in [0.1, 0.15) is 0 Å². The third kappa shape index (κ3) is 3.85. The number of amidine groups is 1. The molecule has 4 heteroatoms. The molecule has 1 aromatic carbocycles. The lowest BCUT2D eigenvalue weighted by Crippen LogP contribution is -2.19. The minimum Gasteiger partial charge on any atom is -0.324 e. The van der Waals surface area contributed by atoms with E-state index in [1.165, 1.54) is 0 Å². The van der Waals surface area contributed by atoms with Crippen LogP contribution in [-0.4, -0.2) is 10.1 Å². The van der Waals surface area contributed by atoms with E-state index in [2.05, 4.69) is 19.2 Å². The fourth-order valence-electron chi connectivity index (χ4n) is 1.01. The molecule has 0 aliphatic rings. The molecule has 0 bridgehead atoms. The Kier molecular flexibility index (Phi) is 6.08. The molecule has 1 N–H and O–H groups in total. The molecule has 0 unspecified atom stereocenters. The largest absolute Gasteiger partial charge is 0.324 e. The van der Waals surface area contributed by atoms with Gasteiger partial charge in [0.15, 0.2) is 5.17 Å². The second-order valence-corrected chi connectivity index (χ2v) is 3.04. The molecule has 0 amide bonds. The molecule has 0 heterocycles. The van der Waals surface area contributed by atoms with E-state index in [0.29, 0.717) is 6.54 Å². The van der Waals surface area contributed by atoms with Crippen molar-refractivity contribution in [3.63, 3.8) is 0 Å². The Morgan fingerprint density at radius 1 is 1.43 bits per heavy atom. The Morgan fingerprint density at radius 2 is 2.00 bits per heavy atom. The van der Waals surface area contributed by atoms with Crippen LogP contribution in [0.15, 0.2) is 43.1 Å². The van der Waals surface area contributed by atoms with Crippen LogP contribution >= 0.6 is 25.0 Å². The lowest BCUT2D eigenvalue weighted by Gasteiger charge is -2.16. The summed E-state index contributed by atoms with van der Waals surface area (Å²) in [6, 6.07) is 9.92. The molecular formula is C10H13ClN2S. The first-order valence-electron chi connectivity index (χ1n) is 3.94. The molecule has 0 spiro atoms. The SMILES string of the molecule is C=CN(Cc1ccccc1)C(=N)S.Cl. The second kappa shape index (κ2) is 6.51. The summed E-state index contributed by atoms with van der Waals surface area (Å²) < 4.78 is 0. The van der Waals surface area contributed by atoms with Gasteiger partial charge in [0.2, 0.25) is 0 Å². The van der Waals surface area contributed by atoms with Gasteiger partial charge >= 0.3 is 0 Å². The second-order valence-electron chi connectivity index (χ2n) is 2.62. The van der Waals surface area contributed by atoms with Crippen molar-refractivity contribution in [2.24, 2.45) is 0 Å². The Balaban J connectivity index is 0.00000169. The molecule has 2 nitrogen and oxygen atoms in total. The number of hydrogen-bond acceptors (Lipinski definition) is 1. The molecule has 0 saturated carbocycles. The number of halogens is 1. The maximum absolute atomic E-state index is 7.32. The zero-order valence-corrected chi connectivity index (χ0v) is 9.39. The Hall–Kier alpha value is -0.930. The first-order valence-corrected chi connectivity index (χ1v) is 4.39. The predicted octanol–water partition coefficient (Wildman–Crippen LogP) is 2.92. The molecule has 76 valence electrons. The van der Waals surface area contributed by atoms with Crippen molar-refractivity contribution >= 4 is 30.2 Å². The topological polar surface area (TPSA) is 27.1 Å². The van der Waals surface area contributed by atoms with Crippen LogP contribution in [0.2, 0.25) is 0 Å². The highest BCUT2D eigenvalue weighted by molar-refractivity contribution is 7.96. The van der Waals surface area contributed by atoms with Crippen LogP contribution < -0.4 is 0 Å². The number of hydrogen-bond donors (Lipinski definition) is 2. The normalized spacial score (nSPS) is 8.64. The third-order valence-corrected chi connectivity index (χ3v) is 1.95. The van der Waals surface area contributed by atoms with Gasteiger partial charge in [0.05, 0.1) is 0 Å². The maximum atomic E-state index is 7.32. The van der Waals surface area contributed by atoms with Gasteiger partial charge in [-0.1, -0.05) is 36.9 Å². The van der Waals surface area contributed by atoms with E-state index in [1.807, 2.05) is 30.3 Å². The van der Waals surface area contributed by atoms with Crippen LogP contribution in [0.25, 0.3) is 0 Å². The number of nitrogens with zero attached hydrogens (tertiary/aromatic N) is 1. The van der Waals surface area contributed by atoms with E-state index in [-0.39, 0.29) is 17.6 Å². The van der Waals surface area contributed by atoms with E-state index in [4.69, 9.17) is 5.41 Å². The van der Waals surface area contributed by atoms with Crippen molar-refractivity contribution in [2.75, 3.05) is 0 Å². The van der Waals surface area contributed by atoms with Crippen molar-refractivity contribution in [1.82, 2.24) is 4.90 Å². The fraction of sp³-hybridized carbons (Fsp3) is 0.100. The Labute approximate surface area is 96.0 Å². The van der Waals surface area contributed by atoms with Gasteiger partial charge in [-0.3, -0.25) is 5.41 Å². The van der Waals surface area contributed by atoms with Crippen molar-refractivity contribution in [1.29, 1.82) is 5.41 Å². The lowest BCUT2D eigenvalue weighted by molar-refractivity contribution is 0.562. The van der Waals surface area contributed by atoms with Crippen LogP contribution in [0.1, 0.15) is 5.56 Å². The summed E-state index contributed by atoms with van der Waals surface area (Å²) in [6.07, 6.45) is 1.60. The highest BCUT2D eigenvalue weighted by atomic mass is 35.5. The highest BCUT2D eigenvalue weighted by Gasteiger charge is 2.01. The molecule has 1 rings (SSSR count). The summed E-state index contributed by atoms with van der Waals surface area (Å²) in [6.45, 7) is 4.26. The van der Waals surface area contributed by atoms with E-state index in [0.717, 1.165) is 5.56 Å². The summed E-state index contributed by atoms with van der Waals surface area (Å²) in [5.41, 5.74) is 1.14. The fourth-order valence-corrected chi connectivity index (χ4v) is 1.16. The summed E-state index contributed by atoms with van der Waals surface area (Å²) >= 11 is 3.94. The van der Waals surface area contributed by atoms with Crippen molar-refractivity contribution < 1.29 is 0 Å². The number of rotatable bonds is 3. The van der Waals surface area contributed by atoms with Gasteiger partial charge in [-0.25, -0.2) is 0 Å². The van der Waals surface area contributed by atoms with Crippen molar-refractivity contribution in [3.8, 4) is 0 Å². The average molecular weight is 229 g/mol. The van der Waals surface area contributed by atoms with Crippen LogP contribution in [-0.2, 0) is 6.54 Å². The summed E-state index contributed by atoms with van der Waals surface area (Å²) in [5, 5.41) is 7.53. The van der Waals surface area contributed by atoms with Gasteiger partial charge in [-0.15, -0.1) is 25.0 Å². The molecule has 0 aliphatic carbocycles. The molecular weight excluding hydrogens is 216 g/mol. The van der Waals surface area contributed by atoms with Gasteiger partial charge in [-0.2, -0.15) is 0 Å². The Morgan fingerprint density at radius 3 is 2.43 bits per heavy atom. The summed E-state index contributed by atoms with van der Waals surface area (Å²) in [4.78, 5) is 1.67. The Bertz CT molecular complexity index is 300. The van der Waals surface area contributed by atoms with Gasteiger partial charge in [0.25, 0.3) is 0 Å². The van der Waals surface area contributed by atoms with Gasteiger partial charge in [0, 0.05) is 6.54 Å². The summed E-state index contributed by atoms with van der Waals surface area (Å²) in [7, 11) is 0. The minimum atomic E-state index is 0. The predicted molar refractivity (Wildman–Crippen MR) is 66.1 cm³/mol. The van der Waals surface area contributed by atoms with E-state index >= 15 is 0 Å². The standard InChI is InChI=1S/C10H12N2S.ClH/c1-2-12(10(11)13)8-9-6-4-3-5-7-9;/h2-7H,1,8H2,(H2,11,13);1H. The van der Waals surface area contributed by atoms with Crippen molar-refractivity contribution in [3.05, 3.63) is 48.7 Å². The smallest absolute Gasteiger partial charge is 0.157 e. The molecule has 0 saturated heterocycles. The van der Waals surface area contributed by atoms with E-state index < -0.39 is 0 Å². The van der Waals surface area contributed by atoms with Gasteiger partial charge < -0.3 is 4.90 Å². The molecule has 1 aromatic rings. The van der Waals surface area contributed by atoms with Crippen LogP contribution in [0.5, 0.6) is 0 Å². The minimum absolute atomic E-state index is 0. The average Bonchev–Trinajstić information content (AvgIpc) is 2.15. The first-order chi connectivity index (χ1) is 6.24. The first kappa shape index (κ1) is 13.1. The van der Waals surface area contributed by atoms with Crippen molar-refractivity contribution in [2.45, 2.75) is 6.54 Å². The molecule has 14 heavy (non-hydrogen) atoms. The van der Waals surface area contributed by atoms with Crippen LogP contribution in [0.4, 0.5) is 0 Å². The number of nitrogens with one attached hydrogen (secondary N) is 1. The van der Waals surface area contributed by atoms with Crippen LogP contribution in [0, 0.1) is 5.41 Å². The van der Waals surface area contributed by atoms with E-state index in [1.54, 1.807) is 11.1 Å². The molecule has 0 aromatic heterocycles.